The monoisotopic (exact) mass is 298 g/mol. The summed E-state index contributed by atoms with van der Waals surface area (Å²) < 4.78 is 11.8. The van der Waals surface area contributed by atoms with Crippen LogP contribution in [0.15, 0.2) is 21.9 Å². The van der Waals surface area contributed by atoms with Crippen LogP contribution in [-0.4, -0.2) is 35.3 Å². The molecule has 0 aliphatic heterocycles. The number of nitrogens with one attached hydrogen (secondary N) is 1. The Morgan fingerprint density at radius 3 is 2.71 bits per heavy atom. The van der Waals surface area contributed by atoms with Gasteiger partial charge in [-0.2, -0.15) is 0 Å². The minimum atomic E-state index is -0.464. The highest BCUT2D eigenvalue weighted by Gasteiger charge is 2.15. The highest BCUT2D eigenvalue weighted by atomic mass is 16.6. The average molecular weight is 298 g/mol. The third-order valence-corrected chi connectivity index (χ3v) is 3.35. The first-order chi connectivity index (χ1) is 9.97. The van der Waals surface area contributed by atoms with E-state index in [2.05, 4.69) is 4.98 Å². The predicted octanol–water partition coefficient (Wildman–Crippen LogP) is 0.531. The van der Waals surface area contributed by atoms with Gasteiger partial charge in [0.2, 0.25) is 0 Å². The van der Waals surface area contributed by atoms with Crippen LogP contribution in [0.25, 0.3) is 0 Å². The van der Waals surface area contributed by atoms with E-state index in [4.69, 9.17) is 9.47 Å². The van der Waals surface area contributed by atoms with Crippen LogP contribution in [0.1, 0.15) is 26.7 Å². The van der Waals surface area contributed by atoms with Crippen molar-refractivity contribution in [3.05, 3.63) is 33.1 Å². The van der Waals surface area contributed by atoms with Gasteiger partial charge in [-0.15, -0.1) is 0 Å². The fraction of sp³-hybridized carbons (Fsp3) is 0.643. The van der Waals surface area contributed by atoms with Crippen molar-refractivity contribution in [2.24, 2.45) is 5.92 Å². The Hall–Kier alpha value is -1.89. The number of aromatic nitrogens is 2. The van der Waals surface area contributed by atoms with Gasteiger partial charge in [-0.05, 0) is 12.8 Å². The first-order valence-electron chi connectivity index (χ1n) is 6.97. The second kappa shape index (κ2) is 8.41. The van der Waals surface area contributed by atoms with Crippen LogP contribution >= 0.6 is 0 Å². The summed E-state index contributed by atoms with van der Waals surface area (Å²) in [4.78, 5) is 36.2. The van der Waals surface area contributed by atoms with Crippen molar-refractivity contribution in [3.8, 4) is 0 Å². The summed E-state index contributed by atoms with van der Waals surface area (Å²) in [7, 11) is 1.53. The lowest BCUT2D eigenvalue weighted by Crippen LogP contribution is -2.31. The molecule has 1 heterocycles. The minimum Gasteiger partial charge on any atom is -0.463 e. The molecule has 0 saturated carbocycles. The molecule has 21 heavy (non-hydrogen) atoms. The largest absolute Gasteiger partial charge is 0.463 e. The average Bonchev–Trinajstić information content (AvgIpc) is 2.47. The molecule has 7 heteroatoms. The highest BCUT2D eigenvalue weighted by Crippen LogP contribution is 2.06. The topological polar surface area (TPSA) is 90.4 Å². The Morgan fingerprint density at radius 1 is 1.43 bits per heavy atom. The summed E-state index contributed by atoms with van der Waals surface area (Å²) in [6.45, 7) is 4.25. The number of methoxy groups -OCH3 is 1. The Bertz CT molecular complexity index is 563. The SMILES string of the molecule is CCC(C)C(=O)OCC(CCn1ccc(=O)[nH]c1=O)OC. The first-order valence-corrected chi connectivity index (χ1v) is 6.97. The van der Waals surface area contributed by atoms with E-state index in [9.17, 15) is 14.4 Å². The maximum Gasteiger partial charge on any atom is 0.328 e. The second-order valence-corrected chi connectivity index (χ2v) is 4.89. The van der Waals surface area contributed by atoms with E-state index in [0.717, 1.165) is 6.42 Å². The van der Waals surface area contributed by atoms with E-state index in [-0.39, 0.29) is 24.6 Å². The molecule has 0 amide bonds. The molecule has 2 unspecified atom stereocenters. The lowest BCUT2D eigenvalue weighted by atomic mass is 10.1. The van der Waals surface area contributed by atoms with Gasteiger partial charge in [0.05, 0.1) is 12.0 Å². The molecule has 1 N–H and O–H groups in total. The quantitative estimate of drug-likeness (QED) is 0.707. The smallest absolute Gasteiger partial charge is 0.328 e. The number of esters is 1. The van der Waals surface area contributed by atoms with Gasteiger partial charge in [0, 0.05) is 25.9 Å². The van der Waals surface area contributed by atoms with Gasteiger partial charge in [-0.25, -0.2) is 4.79 Å². The summed E-state index contributed by atoms with van der Waals surface area (Å²) in [6.07, 6.45) is 2.36. The third kappa shape index (κ3) is 5.55. The second-order valence-electron chi connectivity index (χ2n) is 4.89. The van der Waals surface area contributed by atoms with E-state index in [0.29, 0.717) is 13.0 Å². The molecule has 0 fully saturated rings. The molecule has 0 radical (unpaired) electrons. The Labute approximate surface area is 122 Å². The Morgan fingerprint density at radius 2 is 2.14 bits per heavy atom. The van der Waals surface area contributed by atoms with Crippen LogP contribution < -0.4 is 11.2 Å². The molecule has 2 atom stereocenters. The molecule has 1 rings (SSSR count). The molecule has 0 bridgehead atoms. The van der Waals surface area contributed by atoms with Crippen molar-refractivity contribution >= 4 is 5.97 Å². The van der Waals surface area contributed by atoms with Crippen LogP contribution in [0.3, 0.4) is 0 Å². The standard InChI is InChI=1S/C14H22N2O5/c1-4-10(2)13(18)21-9-11(20-3)5-7-16-8-6-12(17)15-14(16)19/h6,8,10-11H,4-5,7,9H2,1-3H3,(H,15,17,19). The van der Waals surface area contributed by atoms with Crippen molar-refractivity contribution < 1.29 is 14.3 Å². The molecule has 1 aromatic rings. The molecule has 0 aromatic carbocycles. The maximum atomic E-state index is 11.6. The molecular formula is C14H22N2O5. The summed E-state index contributed by atoms with van der Waals surface area (Å²) >= 11 is 0. The lowest BCUT2D eigenvalue weighted by molar-refractivity contribution is -0.151. The van der Waals surface area contributed by atoms with E-state index >= 15 is 0 Å². The van der Waals surface area contributed by atoms with Gasteiger partial charge in [0.1, 0.15) is 6.61 Å². The maximum absolute atomic E-state index is 11.6. The van der Waals surface area contributed by atoms with Crippen molar-refractivity contribution in [2.75, 3.05) is 13.7 Å². The molecule has 118 valence electrons. The normalized spacial score (nSPS) is 13.7. The van der Waals surface area contributed by atoms with Gasteiger partial charge in [0.15, 0.2) is 0 Å². The Balaban J connectivity index is 2.49. The van der Waals surface area contributed by atoms with Crippen molar-refractivity contribution in [1.82, 2.24) is 9.55 Å². The zero-order valence-corrected chi connectivity index (χ0v) is 12.6. The van der Waals surface area contributed by atoms with Crippen LogP contribution in [0.5, 0.6) is 0 Å². The van der Waals surface area contributed by atoms with Gasteiger partial charge in [-0.1, -0.05) is 13.8 Å². The predicted molar refractivity (Wildman–Crippen MR) is 77.2 cm³/mol. The fourth-order valence-corrected chi connectivity index (χ4v) is 1.66. The van der Waals surface area contributed by atoms with E-state index in [1.165, 1.54) is 23.9 Å². The number of aryl methyl sites for hydroxylation is 1. The highest BCUT2D eigenvalue weighted by molar-refractivity contribution is 5.71. The number of hydrogen-bond acceptors (Lipinski definition) is 5. The molecule has 0 saturated heterocycles. The lowest BCUT2D eigenvalue weighted by Gasteiger charge is -2.17. The molecule has 0 spiro atoms. The molecule has 7 nitrogen and oxygen atoms in total. The molecule has 0 aliphatic carbocycles. The van der Waals surface area contributed by atoms with E-state index < -0.39 is 11.2 Å². The number of carbonyl (C=O) groups is 1. The molecule has 1 aromatic heterocycles. The third-order valence-electron chi connectivity index (χ3n) is 3.35. The minimum absolute atomic E-state index is 0.135. The van der Waals surface area contributed by atoms with E-state index in [1.807, 2.05) is 13.8 Å². The summed E-state index contributed by atoms with van der Waals surface area (Å²) in [5, 5.41) is 0. The number of H-pyrrole nitrogens is 1. The Kier molecular flexibility index (Phi) is 6.87. The number of ether oxygens (including phenoxy) is 2. The van der Waals surface area contributed by atoms with Gasteiger partial charge < -0.3 is 14.0 Å². The zero-order valence-electron chi connectivity index (χ0n) is 12.6. The van der Waals surface area contributed by atoms with Crippen molar-refractivity contribution in [2.45, 2.75) is 39.3 Å². The van der Waals surface area contributed by atoms with Crippen LogP contribution in [0.4, 0.5) is 0 Å². The van der Waals surface area contributed by atoms with Gasteiger partial charge in [0.25, 0.3) is 5.56 Å². The van der Waals surface area contributed by atoms with Crippen molar-refractivity contribution in [3.63, 3.8) is 0 Å². The van der Waals surface area contributed by atoms with E-state index in [1.54, 1.807) is 0 Å². The molecule has 0 aliphatic rings. The number of hydrogen-bond donors (Lipinski definition) is 1. The fourth-order valence-electron chi connectivity index (χ4n) is 1.66. The summed E-state index contributed by atoms with van der Waals surface area (Å²) in [5.74, 6) is -0.384. The van der Waals surface area contributed by atoms with Gasteiger partial charge >= 0.3 is 11.7 Å². The number of nitrogens with zero attached hydrogens (tertiary/aromatic N) is 1. The number of rotatable bonds is 8. The number of aromatic amines is 1. The van der Waals surface area contributed by atoms with Gasteiger partial charge in [-0.3, -0.25) is 14.6 Å². The van der Waals surface area contributed by atoms with Crippen LogP contribution in [0.2, 0.25) is 0 Å². The summed E-state index contributed by atoms with van der Waals surface area (Å²) in [5.41, 5.74) is -0.893. The number of carbonyl (C=O) groups excluding carboxylic acids is 1. The van der Waals surface area contributed by atoms with Crippen LogP contribution in [0, 0.1) is 5.92 Å². The van der Waals surface area contributed by atoms with Crippen molar-refractivity contribution in [1.29, 1.82) is 0 Å². The first kappa shape index (κ1) is 17.2. The summed E-state index contributed by atoms with van der Waals surface area (Å²) in [6, 6.07) is 1.28. The molecular weight excluding hydrogens is 276 g/mol. The zero-order chi connectivity index (χ0) is 15.8. The van der Waals surface area contributed by atoms with Crippen LogP contribution in [-0.2, 0) is 20.8 Å².